The van der Waals surface area contributed by atoms with E-state index >= 15 is 0 Å². The Bertz CT molecular complexity index is 911. The van der Waals surface area contributed by atoms with E-state index in [1.54, 1.807) is 11.8 Å². The lowest BCUT2D eigenvalue weighted by molar-refractivity contribution is -0.844. The van der Waals surface area contributed by atoms with Gasteiger partial charge in [0.15, 0.2) is 7.05 Å². The van der Waals surface area contributed by atoms with E-state index in [1.165, 1.54) is 11.1 Å². The molecule has 0 bridgehead atoms. The minimum Gasteiger partial charge on any atom is -0.497 e. The summed E-state index contributed by atoms with van der Waals surface area (Å²) in [5, 5.41) is 0. The molecule has 0 N–H and O–H groups in total. The van der Waals surface area contributed by atoms with Crippen molar-refractivity contribution in [2.45, 2.75) is 6.92 Å². The van der Waals surface area contributed by atoms with Crippen LogP contribution in [0, 0.1) is 6.92 Å². The third kappa shape index (κ3) is 6.94. The van der Waals surface area contributed by atoms with Gasteiger partial charge in [-0.1, -0.05) is 29.8 Å². The molecule has 0 saturated carbocycles. The zero-order valence-electron chi connectivity index (χ0n) is 15.7. The molecule has 0 radical (unpaired) electrons. The average molecular weight is 393 g/mol. The van der Waals surface area contributed by atoms with Gasteiger partial charge in [-0.15, -0.1) is 0 Å². The van der Waals surface area contributed by atoms with Gasteiger partial charge < -0.3 is 22.0 Å². The number of aromatic nitrogens is 1. The molecule has 8 heteroatoms. The quantitative estimate of drug-likeness (QED) is 0.330. The van der Waals surface area contributed by atoms with Crippen LogP contribution < -0.4 is 9.48 Å². The van der Waals surface area contributed by atoms with E-state index in [9.17, 15) is 17.3 Å². The van der Waals surface area contributed by atoms with E-state index in [0.29, 0.717) is 0 Å². The molecule has 3 nitrogen and oxygen atoms in total. The van der Waals surface area contributed by atoms with Crippen molar-refractivity contribution in [3.8, 4) is 17.1 Å². The maximum Gasteiger partial charge on any atom is 0.673 e. The Labute approximate surface area is 160 Å². The number of methoxy groups -OCH3 is 1. The summed E-state index contributed by atoms with van der Waals surface area (Å²) in [6.07, 6.45) is 4.14. The Morgan fingerprint density at radius 3 is 2.04 bits per heavy atom. The van der Waals surface area contributed by atoms with Crippen LogP contribution in [0.4, 0.5) is 17.3 Å². The van der Waals surface area contributed by atoms with Crippen molar-refractivity contribution in [3.05, 3.63) is 71.4 Å². The summed E-state index contributed by atoms with van der Waals surface area (Å²) < 4.78 is 51.8. The third-order valence-corrected chi connectivity index (χ3v) is 3.78. The standard InChI is InChI=1S/C20H20NO2.BF4/c1-15-4-6-16(7-5-15)8-11-18-14-20(23-21(18)2)17-9-12-19(22-3)13-10-17;2-1(3,4)5/h4-14H,1-3H3;/q+1;-1. The molecular weight excluding hydrogens is 373 g/mol. The van der Waals surface area contributed by atoms with Gasteiger partial charge in [0, 0.05) is 11.6 Å². The van der Waals surface area contributed by atoms with Gasteiger partial charge in [0.2, 0.25) is 5.76 Å². The largest absolute Gasteiger partial charge is 0.673 e. The third-order valence-electron chi connectivity index (χ3n) is 3.78. The van der Waals surface area contributed by atoms with E-state index in [4.69, 9.17) is 9.26 Å². The highest BCUT2D eigenvalue weighted by Crippen LogP contribution is 2.23. The van der Waals surface area contributed by atoms with Crippen LogP contribution in [-0.4, -0.2) is 14.4 Å². The van der Waals surface area contributed by atoms with Crippen LogP contribution in [0.2, 0.25) is 0 Å². The van der Waals surface area contributed by atoms with Gasteiger partial charge in [0.1, 0.15) is 5.75 Å². The highest BCUT2D eigenvalue weighted by Gasteiger charge is 2.20. The van der Waals surface area contributed by atoms with E-state index in [-0.39, 0.29) is 0 Å². The zero-order valence-corrected chi connectivity index (χ0v) is 15.7. The number of benzene rings is 2. The van der Waals surface area contributed by atoms with Gasteiger partial charge in [0.05, 0.1) is 13.2 Å². The Kier molecular flexibility index (Phi) is 7.03. The summed E-state index contributed by atoms with van der Waals surface area (Å²) in [5.74, 6) is 1.67. The van der Waals surface area contributed by atoms with Crippen LogP contribution in [0.3, 0.4) is 0 Å². The number of ether oxygens (including phenoxy) is 1. The van der Waals surface area contributed by atoms with Crippen molar-refractivity contribution >= 4 is 19.4 Å². The molecule has 1 aromatic heterocycles. The first kappa shape index (κ1) is 21.3. The van der Waals surface area contributed by atoms with Crippen LogP contribution in [0.25, 0.3) is 23.5 Å². The van der Waals surface area contributed by atoms with Gasteiger partial charge in [-0.25, -0.2) is 4.52 Å². The van der Waals surface area contributed by atoms with Gasteiger partial charge in [-0.05, 0) is 47.6 Å². The minimum atomic E-state index is -6.00. The maximum absolute atomic E-state index is 9.75. The first-order chi connectivity index (χ1) is 13.2. The molecular formula is C20H20BF4NO2. The normalized spacial score (nSPS) is 11.2. The second-order valence-electron chi connectivity index (χ2n) is 5.99. The molecule has 0 spiro atoms. The number of hydrogen-bond acceptors (Lipinski definition) is 2. The topological polar surface area (TPSA) is 26.2 Å². The summed E-state index contributed by atoms with van der Waals surface area (Å²) in [6.45, 7) is 2.09. The Morgan fingerprint density at radius 2 is 1.50 bits per heavy atom. The Balaban J connectivity index is 0.000000500. The highest BCUT2D eigenvalue weighted by molar-refractivity contribution is 6.50. The molecule has 28 heavy (non-hydrogen) atoms. The van der Waals surface area contributed by atoms with Crippen molar-refractivity contribution in [1.29, 1.82) is 0 Å². The number of aryl methyl sites for hydroxylation is 2. The summed E-state index contributed by atoms with van der Waals surface area (Å²) in [7, 11) is -2.43. The van der Waals surface area contributed by atoms with E-state index in [2.05, 4.69) is 43.3 Å². The fraction of sp³-hybridized carbons (Fsp3) is 0.150. The summed E-state index contributed by atoms with van der Waals surface area (Å²) >= 11 is 0. The lowest BCUT2D eigenvalue weighted by Gasteiger charge is -1.98. The van der Waals surface area contributed by atoms with Crippen LogP contribution in [-0.2, 0) is 7.05 Å². The van der Waals surface area contributed by atoms with Crippen LogP contribution in [0.1, 0.15) is 16.8 Å². The molecule has 0 unspecified atom stereocenters. The van der Waals surface area contributed by atoms with Crippen molar-refractivity contribution in [2.75, 3.05) is 7.11 Å². The van der Waals surface area contributed by atoms with Crippen LogP contribution in [0.15, 0.2) is 59.1 Å². The first-order valence-electron chi connectivity index (χ1n) is 8.42. The molecule has 0 amide bonds. The second kappa shape index (κ2) is 9.26. The Hall–Kier alpha value is -3.03. The molecule has 148 valence electrons. The zero-order chi connectivity index (χ0) is 20.7. The van der Waals surface area contributed by atoms with Crippen molar-refractivity contribution in [2.24, 2.45) is 7.05 Å². The van der Waals surface area contributed by atoms with E-state index in [0.717, 1.165) is 22.8 Å². The van der Waals surface area contributed by atoms with E-state index in [1.807, 2.05) is 37.4 Å². The molecule has 0 saturated heterocycles. The predicted octanol–water partition coefficient (Wildman–Crippen LogP) is 5.56. The molecule has 0 aliphatic heterocycles. The summed E-state index contributed by atoms with van der Waals surface area (Å²) in [6, 6.07) is 18.3. The molecule has 2 aromatic carbocycles. The van der Waals surface area contributed by atoms with Crippen molar-refractivity contribution in [3.63, 3.8) is 0 Å². The molecule has 0 aliphatic carbocycles. The molecule has 0 fully saturated rings. The average Bonchev–Trinajstić information content (AvgIpc) is 3.01. The molecule has 3 aromatic rings. The number of halogens is 4. The fourth-order valence-electron chi connectivity index (χ4n) is 2.36. The van der Waals surface area contributed by atoms with Gasteiger partial charge in [-0.2, -0.15) is 0 Å². The highest BCUT2D eigenvalue weighted by atomic mass is 19.5. The SMILES string of the molecule is COc1ccc(-c2cc(C=Cc3ccc(C)cc3)[n+](C)o2)cc1.F[B-](F)(F)F. The minimum absolute atomic E-state index is 0.832. The van der Waals surface area contributed by atoms with Crippen LogP contribution >= 0.6 is 0 Å². The predicted molar refractivity (Wildman–Crippen MR) is 102 cm³/mol. The first-order valence-corrected chi connectivity index (χ1v) is 8.42. The van der Waals surface area contributed by atoms with Gasteiger partial charge in [-0.3, -0.25) is 0 Å². The molecule has 0 atom stereocenters. The number of hydrogen-bond donors (Lipinski definition) is 0. The van der Waals surface area contributed by atoms with Gasteiger partial charge >= 0.3 is 7.25 Å². The maximum atomic E-state index is 9.75. The monoisotopic (exact) mass is 393 g/mol. The summed E-state index contributed by atoms with van der Waals surface area (Å²) in [4.78, 5) is 0. The fourth-order valence-corrected chi connectivity index (χ4v) is 2.36. The Morgan fingerprint density at radius 1 is 0.929 bits per heavy atom. The lowest BCUT2D eigenvalue weighted by atomic mass is 10.1. The molecule has 0 aliphatic rings. The smallest absolute Gasteiger partial charge is 0.497 e. The van der Waals surface area contributed by atoms with Crippen molar-refractivity contribution in [1.82, 2.24) is 0 Å². The van der Waals surface area contributed by atoms with Gasteiger partial charge in [0.25, 0.3) is 5.69 Å². The van der Waals surface area contributed by atoms with Crippen molar-refractivity contribution < 1.29 is 31.3 Å². The van der Waals surface area contributed by atoms with Crippen LogP contribution in [0.5, 0.6) is 5.75 Å². The lowest BCUT2D eigenvalue weighted by Crippen LogP contribution is -2.27. The molecule has 3 rings (SSSR count). The number of nitrogens with zero attached hydrogens (tertiary/aromatic N) is 1. The second-order valence-corrected chi connectivity index (χ2v) is 5.99. The van der Waals surface area contributed by atoms with E-state index < -0.39 is 7.25 Å². The number of rotatable bonds is 4. The molecule has 1 heterocycles. The summed E-state index contributed by atoms with van der Waals surface area (Å²) in [5.41, 5.74) is 4.47.